The second-order valence-electron chi connectivity index (χ2n) is 4.51. The fourth-order valence-electron chi connectivity index (χ4n) is 2.11. The van der Waals surface area contributed by atoms with Crippen molar-refractivity contribution in [2.45, 2.75) is 13.0 Å². The first-order valence-corrected chi connectivity index (χ1v) is 6.30. The molecule has 0 aliphatic carbocycles. The zero-order valence-electron chi connectivity index (χ0n) is 11.0. The van der Waals surface area contributed by atoms with Gasteiger partial charge in [-0.3, -0.25) is 0 Å². The van der Waals surface area contributed by atoms with Gasteiger partial charge in [-0.1, -0.05) is 18.2 Å². The van der Waals surface area contributed by atoms with Crippen LogP contribution in [0.3, 0.4) is 0 Å². The maximum Gasteiger partial charge on any atom is 0.131 e. The number of pyridine rings is 1. The fraction of sp³-hybridized carbons (Fsp3) is 0.267. The summed E-state index contributed by atoms with van der Waals surface area (Å²) in [6.07, 6.45) is 2.55. The largest absolute Gasteiger partial charge is 0.355 e. The second kappa shape index (κ2) is 6.29. The normalized spacial score (nSPS) is 10.5. The SMILES string of the molecule is CN(Cc1cccc(F)c1)c1ncccc1CCN. The zero-order chi connectivity index (χ0) is 13.7. The van der Waals surface area contributed by atoms with Crippen LogP contribution in [-0.2, 0) is 13.0 Å². The average molecular weight is 259 g/mol. The van der Waals surface area contributed by atoms with Gasteiger partial charge in [-0.15, -0.1) is 0 Å². The van der Waals surface area contributed by atoms with Crippen molar-refractivity contribution < 1.29 is 4.39 Å². The summed E-state index contributed by atoms with van der Waals surface area (Å²) < 4.78 is 13.2. The molecular weight excluding hydrogens is 241 g/mol. The molecule has 1 aromatic heterocycles. The van der Waals surface area contributed by atoms with E-state index in [2.05, 4.69) is 4.98 Å². The van der Waals surface area contributed by atoms with Gasteiger partial charge in [0.1, 0.15) is 11.6 Å². The summed E-state index contributed by atoms with van der Waals surface area (Å²) in [5.74, 6) is 0.686. The molecule has 0 aliphatic heterocycles. The Morgan fingerprint density at radius 3 is 2.84 bits per heavy atom. The summed E-state index contributed by atoms with van der Waals surface area (Å²) in [6, 6.07) is 10.6. The minimum atomic E-state index is -0.214. The summed E-state index contributed by atoms with van der Waals surface area (Å²) in [5, 5.41) is 0. The van der Waals surface area contributed by atoms with Crippen LogP contribution in [0, 0.1) is 5.82 Å². The molecule has 1 aromatic carbocycles. The van der Waals surface area contributed by atoms with Crippen LogP contribution in [0.25, 0.3) is 0 Å². The maximum atomic E-state index is 13.2. The summed E-state index contributed by atoms with van der Waals surface area (Å²) >= 11 is 0. The highest BCUT2D eigenvalue weighted by molar-refractivity contribution is 5.46. The lowest BCUT2D eigenvalue weighted by atomic mass is 10.1. The maximum absolute atomic E-state index is 13.2. The van der Waals surface area contributed by atoms with E-state index in [1.807, 2.05) is 30.1 Å². The lowest BCUT2D eigenvalue weighted by Crippen LogP contribution is -2.20. The molecule has 0 aliphatic rings. The zero-order valence-corrected chi connectivity index (χ0v) is 11.0. The predicted molar refractivity (Wildman–Crippen MR) is 75.5 cm³/mol. The van der Waals surface area contributed by atoms with Crippen LogP contribution >= 0.6 is 0 Å². The van der Waals surface area contributed by atoms with Crippen LogP contribution in [0.2, 0.25) is 0 Å². The van der Waals surface area contributed by atoms with Gasteiger partial charge in [0, 0.05) is 19.8 Å². The quantitative estimate of drug-likeness (QED) is 0.896. The minimum absolute atomic E-state index is 0.214. The Balaban J connectivity index is 2.17. The second-order valence-corrected chi connectivity index (χ2v) is 4.51. The Morgan fingerprint density at radius 1 is 1.26 bits per heavy atom. The van der Waals surface area contributed by atoms with Gasteiger partial charge in [0.15, 0.2) is 0 Å². The van der Waals surface area contributed by atoms with Gasteiger partial charge in [-0.2, -0.15) is 0 Å². The molecule has 100 valence electrons. The van der Waals surface area contributed by atoms with Gasteiger partial charge in [-0.25, -0.2) is 9.37 Å². The van der Waals surface area contributed by atoms with E-state index in [1.165, 1.54) is 6.07 Å². The molecule has 0 radical (unpaired) electrons. The molecule has 0 unspecified atom stereocenters. The molecule has 3 nitrogen and oxygen atoms in total. The average Bonchev–Trinajstić information content (AvgIpc) is 2.39. The molecule has 0 spiro atoms. The Morgan fingerprint density at radius 2 is 2.11 bits per heavy atom. The molecule has 0 bridgehead atoms. The number of benzene rings is 1. The van der Waals surface area contributed by atoms with Crippen molar-refractivity contribution in [3.05, 3.63) is 59.5 Å². The monoisotopic (exact) mass is 259 g/mol. The number of nitrogens with two attached hydrogens (primary N) is 1. The first-order valence-electron chi connectivity index (χ1n) is 6.30. The molecule has 0 atom stereocenters. The van der Waals surface area contributed by atoms with E-state index in [1.54, 1.807) is 18.3 Å². The standard InChI is InChI=1S/C15H18FN3/c1-19(11-12-4-2-6-14(16)10-12)15-13(7-8-17)5-3-9-18-15/h2-6,9-10H,7-8,11,17H2,1H3. The third-order valence-electron chi connectivity index (χ3n) is 2.95. The molecule has 0 saturated carbocycles. The summed E-state index contributed by atoms with van der Waals surface area (Å²) in [6.45, 7) is 1.21. The highest BCUT2D eigenvalue weighted by Gasteiger charge is 2.08. The van der Waals surface area contributed by atoms with Crippen LogP contribution in [0.1, 0.15) is 11.1 Å². The highest BCUT2D eigenvalue weighted by Crippen LogP contribution is 2.18. The molecule has 1 heterocycles. The number of hydrogen-bond donors (Lipinski definition) is 1. The number of nitrogens with zero attached hydrogens (tertiary/aromatic N) is 2. The van der Waals surface area contributed by atoms with Gasteiger partial charge < -0.3 is 10.6 Å². The smallest absolute Gasteiger partial charge is 0.131 e. The summed E-state index contributed by atoms with van der Waals surface area (Å²) in [4.78, 5) is 6.41. The summed E-state index contributed by atoms with van der Waals surface area (Å²) in [5.41, 5.74) is 7.64. The Kier molecular flexibility index (Phi) is 4.47. The van der Waals surface area contributed by atoms with E-state index in [4.69, 9.17) is 5.73 Å². The number of halogens is 1. The Labute approximate surface area is 112 Å². The van der Waals surface area contributed by atoms with Crippen molar-refractivity contribution in [1.29, 1.82) is 0 Å². The van der Waals surface area contributed by atoms with Crippen LogP contribution in [0.5, 0.6) is 0 Å². The molecule has 0 fully saturated rings. The van der Waals surface area contributed by atoms with Gasteiger partial charge in [0.05, 0.1) is 0 Å². The van der Waals surface area contributed by atoms with E-state index in [9.17, 15) is 4.39 Å². The van der Waals surface area contributed by atoms with Crippen LogP contribution in [-0.4, -0.2) is 18.6 Å². The van der Waals surface area contributed by atoms with Crippen LogP contribution in [0.15, 0.2) is 42.6 Å². The van der Waals surface area contributed by atoms with Gasteiger partial charge in [-0.05, 0) is 42.3 Å². The number of aromatic nitrogens is 1. The molecule has 0 amide bonds. The number of anilines is 1. The van der Waals surface area contributed by atoms with Crippen molar-refractivity contribution in [3.63, 3.8) is 0 Å². The third-order valence-corrected chi connectivity index (χ3v) is 2.95. The molecule has 4 heteroatoms. The van der Waals surface area contributed by atoms with Crippen molar-refractivity contribution in [2.24, 2.45) is 5.73 Å². The van der Waals surface area contributed by atoms with Gasteiger partial charge >= 0.3 is 0 Å². The van der Waals surface area contributed by atoms with E-state index >= 15 is 0 Å². The fourth-order valence-corrected chi connectivity index (χ4v) is 2.11. The Hall–Kier alpha value is -1.94. The highest BCUT2D eigenvalue weighted by atomic mass is 19.1. The minimum Gasteiger partial charge on any atom is -0.355 e. The van der Waals surface area contributed by atoms with Crippen molar-refractivity contribution in [2.75, 3.05) is 18.5 Å². The molecule has 2 aromatic rings. The van der Waals surface area contributed by atoms with E-state index in [0.29, 0.717) is 13.1 Å². The van der Waals surface area contributed by atoms with Crippen molar-refractivity contribution in [3.8, 4) is 0 Å². The van der Waals surface area contributed by atoms with Crippen LogP contribution in [0.4, 0.5) is 10.2 Å². The molecule has 0 saturated heterocycles. The molecule has 2 N–H and O–H groups in total. The molecule has 19 heavy (non-hydrogen) atoms. The Bertz CT molecular complexity index is 542. The van der Waals surface area contributed by atoms with Gasteiger partial charge in [0.25, 0.3) is 0 Å². The predicted octanol–water partition coefficient (Wildman–Crippen LogP) is 2.36. The lowest BCUT2D eigenvalue weighted by molar-refractivity contribution is 0.625. The first kappa shape index (κ1) is 13.5. The third kappa shape index (κ3) is 3.51. The number of rotatable bonds is 5. The van der Waals surface area contributed by atoms with E-state index in [-0.39, 0.29) is 5.82 Å². The summed E-state index contributed by atoms with van der Waals surface area (Å²) in [7, 11) is 1.95. The van der Waals surface area contributed by atoms with E-state index < -0.39 is 0 Å². The topological polar surface area (TPSA) is 42.2 Å². The van der Waals surface area contributed by atoms with Crippen molar-refractivity contribution >= 4 is 5.82 Å². The van der Waals surface area contributed by atoms with E-state index in [0.717, 1.165) is 23.4 Å². The number of hydrogen-bond acceptors (Lipinski definition) is 3. The van der Waals surface area contributed by atoms with Crippen LogP contribution < -0.4 is 10.6 Å². The molecule has 2 rings (SSSR count). The van der Waals surface area contributed by atoms with Crippen molar-refractivity contribution in [1.82, 2.24) is 4.98 Å². The van der Waals surface area contributed by atoms with Gasteiger partial charge in [0.2, 0.25) is 0 Å². The first-order chi connectivity index (χ1) is 9.20. The lowest BCUT2D eigenvalue weighted by Gasteiger charge is -2.21. The molecular formula is C15H18FN3.